The van der Waals surface area contributed by atoms with Crippen molar-refractivity contribution in [3.05, 3.63) is 22.8 Å². The summed E-state index contributed by atoms with van der Waals surface area (Å²) in [5.41, 5.74) is 0.235. The highest BCUT2D eigenvalue weighted by Gasteiger charge is 2.20. The van der Waals surface area contributed by atoms with E-state index in [1.54, 1.807) is 12.1 Å². The number of rotatable bonds is 5. The second-order valence-corrected chi connectivity index (χ2v) is 5.43. The first kappa shape index (κ1) is 16.0. The second-order valence-electron chi connectivity index (χ2n) is 5.02. The summed E-state index contributed by atoms with van der Waals surface area (Å²) in [5.74, 6) is 0.359. The standard InChI is InChI=1S/C14H21ClN4O2/c1-3-16-12-5-4-11(15)13(18-12)14(20)17-8-10-9-19(2)6-7-21-10/h4-5,10H,3,6-9H2,1-2H3,(H,16,18)(H,17,20). The van der Waals surface area contributed by atoms with Crippen LogP contribution in [0.1, 0.15) is 17.4 Å². The summed E-state index contributed by atoms with van der Waals surface area (Å²) in [7, 11) is 2.04. The maximum atomic E-state index is 12.2. The summed E-state index contributed by atoms with van der Waals surface area (Å²) in [4.78, 5) is 18.6. The smallest absolute Gasteiger partial charge is 0.271 e. The van der Waals surface area contributed by atoms with Crippen LogP contribution in [-0.2, 0) is 4.74 Å². The summed E-state index contributed by atoms with van der Waals surface area (Å²) in [6.45, 7) is 5.56. The predicted octanol–water partition coefficient (Wildman–Crippen LogP) is 1.23. The van der Waals surface area contributed by atoms with E-state index in [0.29, 0.717) is 24.0 Å². The molecule has 1 atom stereocenters. The number of nitrogens with zero attached hydrogens (tertiary/aromatic N) is 2. The molecule has 1 aliphatic heterocycles. The Morgan fingerprint density at radius 3 is 3.10 bits per heavy atom. The third kappa shape index (κ3) is 4.56. The molecule has 1 amide bonds. The van der Waals surface area contributed by atoms with Gasteiger partial charge in [0.15, 0.2) is 0 Å². The summed E-state index contributed by atoms with van der Waals surface area (Å²) < 4.78 is 5.61. The van der Waals surface area contributed by atoms with E-state index in [-0.39, 0.29) is 17.7 Å². The third-order valence-electron chi connectivity index (χ3n) is 3.25. The van der Waals surface area contributed by atoms with Gasteiger partial charge in [-0.15, -0.1) is 0 Å². The van der Waals surface area contributed by atoms with Crippen LogP contribution in [0.5, 0.6) is 0 Å². The molecule has 0 bridgehead atoms. The number of hydrogen-bond donors (Lipinski definition) is 2. The minimum absolute atomic E-state index is 0.00317. The lowest BCUT2D eigenvalue weighted by molar-refractivity contribution is -0.0175. The number of anilines is 1. The fraction of sp³-hybridized carbons (Fsp3) is 0.571. The molecule has 0 radical (unpaired) electrons. The van der Waals surface area contributed by atoms with Crippen LogP contribution in [0, 0.1) is 0 Å². The molecule has 6 nitrogen and oxygen atoms in total. The lowest BCUT2D eigenvalue weighted by atomic mass is 10.2. The lowest BCUT2D eigenvalue weighted by Gasteiger charge is -2.30. The normalized spacial score (nSPS) is 19.3. The molecule has 2 rings (SSSR count). The van der Waals surface area contributed by atoms with Crippen LogP contribution in [0.3, 0.4) is 0 Å². The van der Waals surface area contributed by atoms with Crippen molar-refractivity contribution in [3.8, 4) is 0 Å². The number of nitrogens with one attached hydrogen (secondary N) is 2. The SMILES string of the molecule is CCNc1ccc(Cl)c(C(=O)NCC2CN(C)CCO2)n1. The number of aromatic nitrogens is 1. The molecule has 0 spiro atoms. The van der Waals surface area contributed by atoms with Gasteiger partial charge in [-0.25, -0.2) is 4.98 Å². The zero-order valence-electron chi connectivity index (χ0n) is 12.4. The fourth-order valence-corrected chi connectivity index (χ4v) is 2.35. The molecule has 1 fully saturated rings. The zero-order chi connectivity index (χ0) is 15.2. The van der Waals surface area contributed by atoms with E-state index in [4.69, 9.17) is 16.3 Å². The molecular weight excluding hydrogens is 292 g/mol. The maximum Gasteiger partial charge on any atom is 0.271 e. The van der Waals surface area contributed by atoms with Crippen molar-refractivity contribution in [2.75, 3.05) is 45.2 Å². The Hall–Kier alpha value is -1.37. The minimum atomic E-state index is -0.281. The molecule has 1 saturated heterocycles. The van der Waals surface area contributed by atoms with E-state index < -0.39 is 0 Å². The summed E-state index contributed by atoms with van der Waals surface area (Å²) in [6.07, 6.45) is 0.00317. The number of pyridine rings is 1. The van der Waals surface area contributed by atoms with Crippen LogP contribution in [0.4, 0.5) is 5.82 Å². The van der Waals surface area contributed by atoms with Gasteiger partial charge in [0.25, 0.3) is 5.91 Å². The van der Waals surface area contributed by atoms with Crippen molar-refractivity contribution in [2.24, 2.45) is 0 Å². The van der Waals surface area contributed by atoms with Crippen molar-refractivity contribution in [1.82, 2.24) is 15.2 Å². The average Bonchev–Trinajstić information content (AvgIpc) is 2.47. The van der Waals surface area contributed by atoms with Gasteiger partial charge in [0.2, 0.25) is 0 Å². The summed E-state index contributed by atoms with van der Waals surface area (Å²) in [6, 6.07) is 3.42. The molecule has 116 valence electrons. The van der Waals surface area contributed by atoms with E-state index in [2.05, 4.69) is 20.5 Å². The Morgan fingerprint density at radius 2 is 2.38 bits per heavy atom. The largest absolute Gasteiger partial charge is 0.374 e. The fourth-order valence-electron chi connectivity index (χ4n) is 2.16. The quantitative estimate of drug-likeness (QED) is 0.856. The number of halogens is 1. The van der Waals surface area contributed by atoms with Gasteiger partial charge in [0.1, 0.15) is 11.5 Å². The van der Waals surface area contributed by atoms with Crippen LogP contribution in [-0.4, -0.2) is 61.7 Å². The molecule has 1 aromatic rings. The Bertz CT molecular complexity index is 498. The molecule has 0 aromatic carbocycles. The first-order valence-corrected chi connectivity index (χ1v) is 7.46. The molecule has 1 aromatic heterocycles. The van der Waals surface area contributed by atoms with Crippen LogP contribution in [0.15, 0.2) is 12.1 Å². The number of morpholine rings is 1. The highest BCUT2D eigenvalue weighted by atomic mass is 35.5. The number of ether oxygens (including phenoxy) is 1. The van der Waals surface area contributed by atoms with Gasteiger partial charge in [0.05, 0.1) is 17.7 Å². The van der Waals surface area contributed by atoms with E-state index in [0.717, 1.165) is 19.6 Å². The van der Waals surface area contributed by atoms with Crippen LogP contribution in [0.25, 0.3) is 0 Å². The van der Waals surface area contributed by atoms with Crippen LogP contribution < -0.4 is 10.6 Å². The molecule has 1 aliphatic rings. The first-order chi connectivity index (χ1) is 10.1. The lowest BCUT2D eigenvalue weighted by Crippen LogP contribution is -2.46. The van der Waals surface area contributed by atoms with Gasteiger partial charge in [0, 0.05) is 26.2 Å². The number of carbonyl (C=O) groups is 1. The van der Waals surface area contributed by atoms with Gasteiger partial charge in [-0.3, -0.25) is 4.79 Å². The van der Waals surface area contributed by atoms with Crippen molar-refractivity contribution in [1.29, 1.82) is 0 Å². The van der Waals surface area contributed by atoms with Crippen molar-refractivity contribution in [2.45, 2.75) is 13.0 Å². The van der Waals surface area contributed by atoms with E-state index in [1.807, 2.05) is 14.0 Å². The maximum absolute atomic E-state index is 12.2. The van der Waals surface area contributed by atoms with Crippen molar-refractivity contribution >= 4 is 23.3 Å². The summed E-state index contributed by atoms with van der Waals surface area (Å²) in [5, 5.41) is 6.24. The Morgan fingerprint density at radius 1 is 1.57 bits per heavy atom. The number of likely N-dealkylation sites (N-methyl/N-ethyl adjacent to an activating group) is 1. The van der Waals surface area contributed by atoms with Gasteiger partial charge in [-0.2, -0.15) is 0 Å². The monoisotopic (exact) mass is 312 g/mol. The Kier molecular flexibility index (Phi) is 5.78. The second kappa shape index (κ2) is 7.59. The van der Waals surface area contributed by atoms with E-state index in [9.17, 15) is 4.79 Å². The van der Waals surface area contributed by atoms with E-state index >= 15 is 0 Å². The van der Waals surface area contributed by atoms with Crippen molar-refractivity contribution < 1.29 is 9.53 Å². The molecule has 21 heavy (non-hydrogen) atoms. The topological polar surface area (TPSA) is 66.5 Å². The number of carbonyl (C=O) groups excluding carboxylic acids is 1. The highest BCUT2D eigenvalue weighted by molar-refractivity contribution is 6.33. The predicted molar refractivity (Wildman–Crippen MR) is 83.0 cm³/mol. The van der Waals surface area contributed by atoms with E-state index in [1.165, 1.54) is 0 Å². The third-order valence-corrected chi connectivity index (χ3v) is 3.56. The van der Waals surface area contributed by atoms with Gasteiger partial charge in [-0.1, -0.05) is 11.6 Å². The van der Waals surface area contributed by atoms with Crippen LogP contribution in [0.2, 0.25) is 5.02 Å². The van der Waals surface area contributed by atoms with Crippen LogP contribution >= 0.6 is 11.6 Å². The number of hydrogen-bond acceptors (Lipinski definition) is 5. The van der Waals surface area contributed by atoms with Gasteiger partial charge >= 0.3 is 0 Å². The minimum Gasteiger partial charge on any atom is -0.374 e. The number of amides is 1. The molecule has 2 heterocycles. The van der Waals surface area contributed by atoms with Crippen molar-refractivity contribution in [3.63, 3.8) is 0 Å². The van der Waals surface area contributed by atoms with Gasteiger partial charge in [-0.05, 0) is 26.1 Å². The molecule has 0 saturated carbocycles. The zero-order valence-corrected chi connectivity index (χ0v) is 13.1. The molecular formula is C14H21ClN4O2. The molecule has 0 aliphatic carbocycles. The molecule has 2 N–H and O–H groups in total. The Labute approximate surface area is 129 Å². The Balaban J connectivity index is 1.94. The first-order valence-electron chi connectivity index (χ1n) is 7.09. The summed E-state index contributed by atoms with van der Waals surface area (Å²) >= 11 is 6.05. The van der Waals surface area contributed by atoms with Gasteiger partial charge < -0.3 is 20.3 Å². The average molecular weight is 313 g/mol. The molecule has 7 heteroatoms. The highest BCUT2D eigenvalue weighted by Crippen LogP contribution is 2.16. The molecule has 1 unspecified atom stereocenters.